The van der Waals surface area contributed by atoms with Gasteiger partial charge in [0.05, 0.1) is 22.1 Å². The quantitative estimate of drug-likeness (QED) is 0.682. The number of nitrogens with zero attached hydrogens (tertiary/aromatic N) is 3. The highest BCUT2D eigenvalue weighted by atomic mass is 35.7. The number of benzene rings is 1. The van der Waals surface area contributed by atoms with E-state index in [1.807, 2.05) is 24.3 Å². The van der Waals surface area contributed by atoms with Crippen molar-refractivity contribution in [2.24, 2.45) is 0 Å². The molecule has 0 atom stereocenters. The van der Waals surface area contributed by atoms with Crippen molar-refractivity contribution in [1.82, 2.24) is 14.8 Å². The molecule has 0 unspecified atom stereocenters. The molecule has 5 nitrogen and oxygen atoms in total. The Labute approximate surface area is 117 Å². The van der Waals surface area contributed by atoms with Gasteiger partial charge in [0.25, 0.3) is 9.05 Å². The Morgan fingerprint density at radius 3 is 2.68 bits per heavy atom. The minimum Gasteiger partial charge on any atom is -0.218 e. The van der Waals surface area contributed by atoms with Crippen LogP contribution in [-0.4, -0.2) is 23.2 Å². The second-order valence-electron chi connectivity index (χ2n) is 3.91. The lowest BCUT2D eigenvalue weighted by atomic mass is 10.3. The topological polar surface area (TPSA) is 64.8 Å². The molecule has 0 saturated carbocycles. The molecule has 0 aliphatic rings. The molecule has 0 aliphatic carbocycles. The first-order chi connectivity index (χ1) is 8.97. The van der Waals surface area contributed by atoms with Crippen LogP contribution in [0.4, 0.5) is 0 Å². The zero-order chi connectivity index (χ0) is 13.6. The van der Waals surface area contributed by atoms with Crippen molar-refractivity contribution in [2.75, 3.05) is 0 Å². The van der Waals surface area contributed by atoms with Gasteiger partial charge in [0.2, 0.25) is 5.13 Å². The van der Waals surface area contributed by atoms with Crippen molar-refractivity contribution < 1.29 is 8.42 Å². The fourth-order valence-electron chi connectivity index (χ4n) is 1.78. The highest BCUT2D eigenvalue weighted by molar-refractivity contribution is 8.13. The molecule has 19 heavy (non-hydrogen) atoms. The molecule has 8 heteroatoms. The fourth-order valence-corrected chi connectivity index (χ4v) is 3.82. The summed E-state index contributed by atoms with van der Waals surface area (Å²) in [6.45, 7) is 1.65. The lowest BCUT2D eigenvalue weighted by Crippen LogP contribution is -1.99. The van der Waals surface area contributed by atoms with Gasteiger partial charge in [-0.2, -0.15) is 5.10 Å². The van der Waals surface area contributed by atoms with E-state index in [4.69, 9.17) is 10.7 Å². The van der Waals surface area contributed by atoms with E-state index in [-0.39, 0.29) is 4.90 Å². The summed E-state index contributed by atoms with van der Waals surface area (Å²) in [5.74, 6) is 0. The van der Waals surface area contributed by atoms with Crippen LogP contribution < -0.4 is 0 Å². The monoisotopic (exact) mass is 313 g/mol. The van der Waals surface area contributed by atoms with Crippen LogP contribution >= 0.6 is 22.0 Å². The predicted octanol–water partition coefficient (Wildman–Crippen LogP) is 2.72. The van der Waals surface area contributed by atoms with Crippen LogP contribution in [0.25, 0.3) is 15.3 Å². The summed E-state index contributed by atoms with van der Waals surface area (Å²) in [6.07, 6.45) is 1.24. The third-order valence-corrected chi connectivity index (χ3v) is 5.13. The Morgan fingerprint density at radius 2 is 2.05 bits per heavy atom. The second-order valence-corrected chi connectivity index (χ2v) is 7.45. The molecule has 0 aliphatic heterocycles. The van der Waals surface area contributed by atoms with E-state index in [0.29, 0.717) is 10.8 Å². The van der Waals surface area contributed by atoms with Gasteiger partial charge in [0.15, 0.2) is 0 Å². The first kappa shape index (κ1) is 12.6. The van der Waals surface area contributed by atoms with Crippen LogP contribution in [-0.2, 0) is 9.05 Å². The second kappa shape index (κ2) is 4.29. The number of halogens is 1. The van der Waals surface area contributed by atoms with Crippen molar-refractivity contribution >= 4 is 41.3 Å². The summed E-state index contributed by atoms with van der Waals surface area (Å²) in [5.41, 5.74) is 1.31. The van der Waals surface area contributed by atoms with Crippen LogP contribution in [0.3, 0.4) is 0 Å². The van der Waals surface area contributed by atoms with Crippen LogP contribution in [0.2, 0.25) is 0 Å². The van der Waals surface area contributed by atoms with Crippen molar-refractivity contribution in [3.8, 4) is 5.13 Å². The lowest BCUT2D eigenvalue weighted by Gasteiger charge is -1.98. The van der Waals surface area contributed by atoms with E-state index in [1.165, 1.54) is 22.2 Å². The Morgan fingerprint density at radius 1 is 1.32 bits per heavy atom. The van der Waals surface area contributed by atoms with Gasteiger partial charge < -0.3 is 0 Å². The fraction of sp³-hybridized carbons (Fsp3) is 0.0909. The van der Waals surface area contributed by atoms with Crippen LogP contribution in [0.5, 0.6) is 0 Å². The van der Waals surface area contributed by atoms with Crippen LogP contribution in [0.1, 0.15) is 5.69 Å². The van der Waals surface area contributed by atoms with E-state index >= 15 is 0 Å². The average Bonchev–Trinajstić information content (AvgIpc) is 2.90. The molecule has 98 valence electrons. The van der Waals surface area contributed by atoms with E-state index in [2.05, 4.69) is 10.1 Å². The third-order valence-electron chi connectivity index (χ3n) is 2.69. The maximum Gasteiger partial charge on any atom is 0.264 e. The van der Waals surface area contributed by atoms with Crippen LogP contribution in [0, 0.1) is 6.92 Å². The van der Waals surface area contributed by atoms with Gasteiger partial charge in [-0.1, -0.05) is 23.5 Å². The summed E-state index contributed by atoms with van der Waals surface area (Å²) in [6, 6.07) is 7.67. The summed E-state index contributed by atoms with van der Waals surface area (Å²) in [4.78, 5) is 4.43. The number of para-hydroxylation sites is 1. The van der Waals surface area contributed by atoms with Gasteiger partial charge in [0.1, 0.15) is 4.90 Å². The molecule has 3 rings (SSSR count). The van der Waals surface area contributed by atoms with E-state index < -0.39 is 9.05 Å². The summed E-state index contributed by atoms with van der Waals surface area (Å²) >= 11 is 1.44. The predicted molar refractivity (Wildman–Crippen MR) is 74.5 cm³/mol. The van der Waals surface area contributed by atoms with Gasteiger partial charge >= 0.3 is 0 Å². The van der Waals surface area contributed by atoms with E-state index in [1.54, 1.807) is 6.92 Å². The SMILES string of the molecule is Cc1c(S(=O)(=O)Cl)cnn1-c1nc2ccccc2s1. The summed E-state index contributed by atoms with van der Waals surface area (Å²) in [7, 11) is 1.56. The average molecular weight is 314 g/mol. The maximum atomic E-state index is 11.4. The molecular weight excluding hydrogens is 306 g/mol. The Bertz CT molecular complexity index is 834. The number of thiazole rings is 1. The Hall–Kier alpha value is -1.44. The van der Waals surface area contributed by atoms with Crippen molar-refractivity contribution in [2.45, 2.75) is 11.8 Å². The first-order valence-corrected chi connectivity index (χ1v) is 8.44. The number of aromatic nitrogens is 3. The van der Waals surface area contributed by atoms with Crippen molar-refractivity contribution in [3.05, 3.63) is 36.2 Å². The van der Waals surface area contributed by atoms with Gasteiger partial charge in [-0.15, -0.1) is 0 Å². The van der Waals surface area contributed by atoms with Crippen molar-refractivity contribution in [3.63, 3.8) is 0 Å². The molecule has 2 heterocycles. The number of fused-ring (bicyclic) bond motifs is 1. The van der Waals surface area contributed by atoms with E-state index in [0.717, 1.165) is 10.2 Å². The summed E-state index contributed by atoms with van der Waals surface area (Å²) < 4.78 is 25.2. The normalized spacial score (nSPS) is 12.1. The van der Waals surface area contributed by atoms with Gasteiger partial charge in [-0.25, -0.2) is 18.1 Å². The first-order valence-electron chi connectivity index (χ1n) is 5.32. The zero-order valence-corrected chi connectivity index (χ0v) is 12.1. The maximum absolute atomic E-state index is 11.4. The van der Waals surface area contributed by atoms with E-state index in [9.17, 15) is 8.42 Å². The molecule has 3 aromatic rings. The standard InChI is InChI=1S/C11H8ClN3O2S2/c1-7-10(19(12,16)17)6-13-15(7)11-14-8-4-2-3-5-9(8)18-11/h2-6H,1H3. The molecule has 0 radical (unpaired) electrons. The minimum atomic E-state index is -3.78. The number of hydrogen-bond acceptors (Lipinski definition) is 5. The minimum absolute atomic E-state index is 0.00780. The molecule has 0 amide bonds. The van der Waals surface area contributed by atoms with Gasteiger partial charge in [-0.3, -0.25) is 0 Å². The largest absolute Gasteiger partial charge is 0.264 e. The molecule has 0 fully saturated rings. The third kappa shape index (κ3) is 2.13. The molecule has 1 aromatic carbocycles. The van der Waals surface area contributed by atoms with Crippen LogP contribution in [0.15, 0.2) is 35.4 Å². The van der Waals surface area contributed by atoms with Crippen molar-refractivity contribution in [1.29, 1.82) is 0 Å². The number of hydrogen-bond donors (Lipinski definition) is 0. The highest BCUT2D eigenvalue weighted by Crippen LogP contribution is 2.27. The molecule has 0 N–H and O–H groups in total. The smallest absolute Gasteiger partial charge is 0.218 e. The highest BCUT2D eigenvalue weighted by Gasteiger charge is 2.20. The molecule has 0 saturated heterocycles. The van der Waals surface area contributed by atoms with Gasteiger partial charge in [-0.05, 0) is 19.1 Å². The van der Waals surface area contributed by atoms with Gasteiger partial charge in [0, 0.05) is 10.7 Å². The molecule has 0 bridgehead atoms. The zero-order valence-electron chi connectivity index (χ0n) is 9.74. The molecule has 2 aromatic heterocycles. The molecular formula is C11H8ClN3O2S2. The Balaban J connectivity index is 2.20. The number of rotatable bonds is 2. The summed E-state index contributed by atoms with van der Waals surface area (Å²) in [5, 5.41) is 4.66. The Kier molecular flexibility index (Phi) is 2.84. The lowest BCUT2D eigenvalue weighted by molar-refractivity contribution is 0.609. The molecule has 0 spiro atoms.